The number of esters is 1. The molecule has 1 rings (SSSR count). The van der Waals surface area contributed by atoms with Crippen LogP contribution in [0.25, 0.3) is 0 Å². The summed E-state index contributed by atoms with van der Waals surface area (Å²) in [6.07, 6.45) is 0. The molecular formula is C12H9FN2O2. The summed E-state index contributed by atoms with van der Waals surface area (Å²) >= 11 is 0. The Kier molecular flexibility index (Phi) is 4.19. The van der Waals surface area contributed by atoms with Gasteiger partial charge in [-0.05, 0) is 6.07 Å². The van der Waals surface area contributed by atoms with Crippen LogP contribution in [-0.4, -0.2) is 13.1 Å². The minimum atomic E-state index is -1.33. The van der Waals surface area contributed by atoms with Gasteiger partial charge in [-0.25, -0.2) is 4.39 Å². The summed E-state index contributed by atoms with van der Waals surface area (Å²) < 4.78 is 17.9. The first-order chi connectivity index (χ1) is 8.15. The number of halogens is 1. The van der Waals surface area contributed by atoms with Crippen LogP contribution >= 0.6 is 0 Å². The second-order valence-electron chi connectivity index (χ2n) is 3.26. The molecule has 0 unspecified atom stereocenters. The fourth-order valence-electron chi connectivity index (χ4n) is 1.44. The van der Waals surface area contributed by atoms with Gasteiger partial charge < -0.3 is 4.74 Å². The van der Waals surface area contributed by atoms with Gasteiger partial charge in [0.15, 0.2) is 5.92 Å². The number of nitrogens with zero attached hydrogens (tertiary/aromatic N) is 2. The molecule has 1 aromatic rings. The summed E-state index contributed by atoms with van der Waals surface area (Å²) in [4.78, 5) is 11.3. The van der Waals surface area contributed by atoms with E-state index in [0.29, 0.717) is 0 Å². The average Bonchev–Trinajstić information content (AvgIpc) is 2.36. The zero-order valence-electron chi connectivity index (χ0n) is 9.05. The molecule has 0 radical (unpaired) electrons. The van der Waals surface area contributed by atoms with E-state index in [-0.39, 0.29) is 5.56 Å². The molecule has 0 amide bonds. The van der Waals surface area contributed by atoms with E-state index in [0.717, 1.165) is 7.11 Å². The van der Waals surface area contributed by atoms with Crippen LogP contribution < -0.4 is 0 Å². The van der Waals surface area contributed by atoms with Crippen molar-refractivity contribution in [1.29, 1.82) is 10.5 Å². The highest BCUT2D eigenvalue weighted by atomic mass is 19.1. The van der Waals surface area contributed by atoms with E-state index in [9.17, 15) is 9.18 Å². The van der Waals surface area contributed by atoms with Crippen molar-refractivity contribution < 1.29 is 13.9 Å². The number of methoxy groups -OCH3 is 1. The lowest BCUT2D eigenvalue weighted by molar-refractivity contribution is -0.143. The van der Waals surface area contributed by atoms with Crippen molar-refractivity contribution in [3.05, 3.63) is 35.6 Å². The van der Waals surface area contributed by atoms with E-state index in [4.69, 9.17) is 10.5 Å². The number of hydrogen-bond acceptors (Lipinski definition) is 4. The standard InChI is InChI=1S/C12H9FN2O2/c1-17-12(16)10(7-15)9(6-14)8-4-2-3-5-11(8)13/h2-5,9-10H,1H3/t9-,10-/m0/s1. The van der Waals surface area contributed by atoms with Crippen LogP contribution in [0.5, 0.6) is 0 Å². The third-order valence-corrected chi connectivity index (χ3v) is 2.31. The number of ether oxygens (including phenoxy) is 1. The average molecular weight is 232 g/mol. The highest BCUT2D eigenvalue weighted by molar-refractivity contribution is 5.77. The molecule has 0 N–H and O–H groups in total. The first kappa shape index (κ1) is 12.7. The smallest absolute Gasteiger partial charge is 0.324 e. The molecule has 5 heteroatoms. The van der Waals surface area contributed by atoms with Crippen LogP contribution in [0.15, 0.2) is 24.3 Å². The van der Waals surface area contributed by atoms with Crippen LogP contribution in [-0.2, 0) is 9.53 Å². The van der Waals surface area contributed by atoms with Gasteiger partial charge in [0.05, 0.1) is 19.2 Å². The van der Waals surface area contributed by atoms with Gasteiger partial charge in [0.1, 0.15) is 11.7 Å². The monoisotopic (exact) mass is 232 g/mol. The van der Waals surface area contributed by atoms with E-state index in [1.54, 1.807) is 12.1 Å². The maximum absolute atomic E-state index is 13.5. The lowest BCUT2D eigenvalue weighted by Crippen LogP contribution is -2.22. The highest BCUT2D eigenvalue weighted by Gasteiger charge is 2.32. The van der Waals surface area contributed by atoms with Gasteiger partial charge in [0.25, 0.3) is 0 Å². The number of rotatable bonds is 3. The molecule has 1 aromatic carbocycles. The summed E-state index contributed by atoms with van der Waals surface area (Å²) in [6, 6.07) is 8.97. The van der Waals surface area contributed by atoms with Gasteiger partial charge in [0.2, 0.25) is 0 Å². The SMILES string of the molecule is COC(=O)[C@@H](C#N)[C@@H](C#N)c1ccccc1F. The van der Waals surface area contributed by atoms with E-state index >= 15 is 0 Å². The second-order valence-corrected chi connectivity index (χ2v) is 3.26. The van der Waals surface area contributed by atoms with Crippen molar-refractivity contribution in [1.82, 2.24) is 0 Å². The zero-order valence-corrected chi connectivity index (χ0v) is 9.05. The van der Waals surface area contributed by atoms with E-state index in [1.165, 1.54) is 24.3 Å². The molecule has 0 aromatic heterocycles. The first-order valence-electron chi connectivity index (χ1n) is 4.77. The van der Waals surface area contributed by atoms with Crippen molar-refractivity contribution in [2.24, 2.45) is 5.92 Å². The molecule has 0 spiro atoms. The van der Waals surface area contributed by atoms with Crippen molar-refractivity contribution in [2.45, 2.75) is 5.92 Å². The number of benzene rings is 1. The number of hydrogen-bond donors (Lipinski definition) is 0. The largest absolute Gasteiger partial charge is 0.468 e. The van der Waals surface area contributed by atoms with Gasteiger partial charge in [-0.3, -0.25) is 4.79 Å². The van der Waals surface area contributed by atoms with Gasteiger partial charge in [-0.15, -0.1) is 0 Å². The van der Waals surface area contributed by atoms with E-state index < -0.39 is 23.6 Å². The maximum atomic E-state index is 13.5. The first-order valence-corrected chi connectivity index (χ1v) is 4.77. The van der Waals surface area contributed by atoms with Crippen LogP contribution in [0.2, 0.25) is 0 Å². The zero-order chi connectivity index (χ0) is 12.8. The molecule has 0 bridgehead atoms. The van der Waals surface area contributed by atoms with Gasteiger partial charge in [0, 0.05) is 5.56 Å². The molecule has 2 atom stereocenters. The van der Waals surface area contributed by atoms with Crippen molar-refractivity contribution in [2.75, 3.05) is 7.11 Å². The summed E-state index contributed by atoms with van der Waals surface area (Å²) in [7, 11) is 1.11. The Morgan fingerprint density at radius 3 is 2.47 bits per heavy atom. The Balaban J connectivity index is 3.17. The fourth-order valence-corrected chi connectivity index (χ4v) is 1.44. The minimum Gasteiger partial charge on any atom is -0.468 e. The summed E-state index contributed by atoms with van der Waals surface area (Å²) in [5, 5.41) is 17.8. The van der Waals surface area contributed by atoms with Gasteiger partial charge >= 0.3 is 5.97 Å². The Morgan fingerprint density at radius 1 is 1.35 bits per heavy atom. The molecule has 0 saturated carbocycles. The number of carbonyl (C=O) groups excluding carboxylic acids is 1. The third-order valence-electron chi connectivity index (χ3n) is 2.31. The van der Waals surface area contributed by atoms with Gasteiger partial charge in [-0.1, -0.05) is 18.2 Å². The second kappa shape index (κ2) is 5.62. The minimum absolute atomic E-state index is 0.0203. The van der Waals surface area contributed by atoms with Gasteiger partial charge in [-0.2, -0.15) is 10.5 Å². The molecule has 0 aliphatic carbocycles. The topological polar surface area (TPSA) is 73.9 Å². The third kappa shape index (κ3) is 2.59. The van der Waals surface area contributed by atoms with Crippen molar-refractivity contribution in [3.8, 4) is 12.1 Å². The summed E-state index contributed by atoms with van der Waals surface area (Å²) in [5.74, 6) is -3.97. The predicted molar refractivity (Wildman–Crippen MR) is 55.9 cm³/mol. The molecule has 0 aliphatic rings. The molecule has 0 saturated heterocycles. The summed E-state index contributed by atoms with van der Waals surface area (Å²) in [6.45, 7) is 0. The Labute approximate surface area is 97.8 Å². The summed E-state index contributed by atoms with van der Waals surface area (Å²) in [5.41, 5.74) is 0.0203. The lowest BCUT2D eigenvalue weighted by atomic mass is 9.88. The van der Waals surface area contributed by atoms with E-state index in [1.807, 2.05) is 0 Å². The molecule has 0 fully saturated rings. The van der Waals surface area contributed by atoms with Crippen LogP contribution in [0, 0.1) is 34.4 Å². The Morgan fingerprint density at radius 2 is 2.00 bits per heavy atom. The molecule has 17 heavy (non-hydrogen) atoms. The fraction of sp³-hybridized carbons (Fsp3) is 0.250. The molecule has 86 valence electrons. The van der Waals surface area contributed by atoms with E-state index in [2.05, 4.69) is 4.74 Å². The number of nitriles is 2. The van der Waals surface area contributed by atoms with Crippen LogP contribution in [0.1, 0.15) is 11.5 Å². The predicted octanol–water partition coefficient (Wildman–Crippen LogP) is 1.75. The van der Waals surface area contributed by atoms with Crippen LogP contribution in [0.3, 0.4) is 0 Å². The highest BCUT2D eigenvalue weighted by Crippen LogP contribution is 2.26. The molecular weight excluding hydrogens is 223 g/mol. The van der Waals surface area contributed by atoms with Crippen LogP contribution in [0.4, 0.5) is 4.39 Å². The number of carbonyl (C=O) groups is 1. The quantitative estimate of drug-likeness (QED) is 0.744. The van der Waals surface area contributed by atoms with Crippen molar-refractivity contribution in [3.63, 3.8) is 0 Å². The Hall–Kier alpha value is -2.40. The maximum Gasteiger partial charge on any atom is 0.324 e. The normalized spacial score (nSPS) is 12.9. The molecule has 0 aliphatic heterocycles. The Bertz CT molecular complexity index is 502. The lowest BCUT2D eigenvalue weighted by Gasteiger charge is -2.14. The molecule has 0 heterocycles. The van der Waals surface area contributed by atoms with Crippen molar-refractivity contribution >= 4 is 5.97 Å². The molecule has 4 nitrogen and oxygen atoms in total.